The fourth-order valence-corrected chi connectivity index (χ4v) is 8.38. The van der Waals surface area contributed by atoms with Crippen LogP contribution in [0.1, 0.15) is 130 Å². The van der Waals surface area contributed by atoms with Gasteiger partial charge in [0.05, 0.1) is 46.6 Å². The van der Waals surface area contributed by atoms with Gasteiger partial charge in [0.25, 0.3) is 5.91 Å². The number of para-hydroxylation sites is 2. The molecule has 2 fully saturated rings. The molecule has 2 aromatic carbocycles. The molecular formula is C43H47F3N10O6. The van der Waals surface area contributed by atoms with Crippen LogP contribution in [0.5, 0.6) is 0 Å². The number of nitrogens with zero attached hydrogens (tertiary/aromatic N) is 10. The smallest absolute Gasteiger partial charge is 0.420 e. The molecule has 0 radical (unpaired) electrons. The number of hydrogen-bond acceptors (Lipinski definition) is 13. The Bertz CT molecular complexity index is 2550. The molecule has 4 aromatic heterocycles. The van der Waals surface area contributed by atoms with Gasteiger partial charge in [-0.2, -0.15) is 43.2 Å². The Morgan fingerprint density at radius 2 is 1.50 bits per heavy atom. The number of aliphatic hydroxyl groups excluding tert-OH is 2. The highest BCUT2D eigenvalue weighted by molar-refractivity contribution is 5.98. The predicted octanol–water partition coefficient (Wildman–Crippen LogP) is 6.30. The van der Waals surface area contributed by atoms with Crippen LogP contribution in [0, 0.1) is 13.8 Å². The van der Waals surface area contributed by atoms with Crippen LogP contribution < -0.4 is 0 Å². The number of piperidine rings is 2. The number of aryl methyl sites for hydroxylation is 4. The van der Waals surface area contributed by atoms with E-state index in [0.717, 1.165) is 18.5 Å². The van der Waals surface area contributed by atoms with E-state index >= 15 is 0 Å². The number of aliphatic hydroxyl groups is 2. The minimum absolute atomic E-state index is 0.0411. The molecule has 16 nitrogen and oxygen atoms in total. The van der Waals surface area contributed by atoms with Crippen molar-refractivity contribution in [1.82, 2.24) is 49.8 Å². The zero-order valence-corrected chi connectivity index (χ0v) is 34.6. The Hall–Kier alpha value is -6.05. The lowest BCUT2D eigenvalue weighted by Crippen LogP contribution is -2.45. The lowest BCUT2D eigenvalue weighted by atomic mass is 9.92. The lowest BCUT2D eigenvalue weighted by Gasteiger charge is -2.40. The van der Waals surface area contributed by atoms with Crippen LogP contribution in [-0.4, -0.2) is 104 Å². The van der Waals surface area contributed by atoms with E-state index in [1.54, 1.807) is 41.6 Å². The molecule has 2 N–H and O–H groups in total. The van der Waals surface area contributed by atoms with E-state index in [1.165, 1.54) is 16.5 Å². The second-order valence-electron chi connectivity index (χ2n) is 16.2. The van der Waals surface area contributed by atoms with Gasteiger partial charge >= 0.3 is 6.18 Å². The Labute approximate surface area is 354 Å². The van der Waals surface area contributed by atoms with Gasteiger partial charge in [-0.1, -0.05) is 30.3 Å². The van der Waals surface area contributed by atoms with Crippen molar-refractivity contribution in [2.75, 3.05) is 13.1 Å². The van der Waals surface area contributed by atoms with Crippen molar-refractivity contribution >= 4 is 12.2 Å². The summed E-state index contributed by atoms with van der Waals surface area (Å²) in [5.74, 6) is -0.242. The quantitative estimate of drug-likeness (QED) is 0.130. The van der Waals surface area contributed by atoms with Crippen LogP contribution >= 0.6 is 0 Å². The number of hydrogen-bond donors (Lipinski definition) is 2. The Morgan fingerprint density at radius 3 is 2.23 bits per heavy atom. The maximum atomic E-state index is 14.2. The van der Waals surface area contributed by atoms with E-state index in [2.05, 4.69) is 37.3 Å². The number of amides is 1. The van der Waals surface area contributed by atoms with Crippen molar-refractivity contribution in [3.63, 3.8) is 0 Å². The van der Waals surface area contributed by atoms with Crippen LogP contribution in [0.4, 0.5) is 13.2 Å². The number of aromatic nitrogens is 8. The van der Waals surface area contributed by atoms with Gasteiger partial charge in [-0.3, -0.25) is 14.5 Å². The third-order valence-electron chi connectivity index (χ3n) is 11.9. The number of alkyl halides is 3. The van der Waals surface area contributed by atoms with Crippen molar-refractivity contribution in [3.8, 4) is 11.4 Å². The molecule has 0 saturated carbocycles. The number of benzene rings is 2. The first-order chi connectivity index (χ1) is 29.7. The van der Waals surface area contributed by atoms with E-state index in [0.29, 0.717) is 78.4 Å². The molecule has 8 rings (SSSR count). The summed E-state index contributed by atoms with van der Waals surface area (Å²) in [6.07, 6.45) is -1.48. The molecule has 2 aliphatic rings. The van der Waals surface area contributed by atoms with Gasteiger partial charge in [0.15, 0.2) is 24.2 Å². The molecule has 6 atom stereocenters. The maximum Gasteiger partial charge on any atom is 0.420 e. The predicted molar refractivity (Wildman–Crippen MR) is 215 cm³/mol. The molecule has 0 aliphatic carbocycles. The molecule has 19 heteroatoms. The molecule has 1 amide bonds. The third kappa shape index (κ3) is 8.56. The highest BCUT2D eigenvalue weighted by Gasteiger charge is 2.44. The number of aldehydes is 1. The molecule has 326 valence electrons. The summed E-state index contributed by atoms with van der Waals surface area (Å²) in [5.41, 5.74) is 3.02. The Kier molecular flexibility index (Phi) is 11.9. The van der Waals surface area contributed by atoms with Gasteiger partial charge in [-0.05, 0) is 71.6 Å². The van der Waals surface area contributed by atoms with Crippen LogP contribution in [-0.2, 0) is 12.8 Å². The van der Waals surface area contributed by atoms with Crippen LogP contribution in [0.25, 0.3) is 11.4 Å². The van der Waals surface area contributed by atoms with Crippen molar-refractivity contribution in [3.05, 3.63) is 118 Å². The van der Waals surface area contributed by atoms with Crippen LogP contribution in [0.2, 0.25) is 0 Å². The van der Waals surface area contributed by atoms with E-state index < -0.39 is 30.1 Å². The monoisotopic (exact) mass is 856 g/mol. The number of oxazole rings is 2. The first kappa shape index (κ1) is 42.6. The third-order valence-corrected chi connectivity index (χ3v) is 11.9. The van der Waals surface area contributed by atoms with Gasteiger partial charge in [0, 0.05) is 49.5 Å². The summed E-state index contributed by atoms with van der Waals surface area (Å²) in [5, 5.41) is 39.5. The minimum atomic E-state index is -4.90. The first-order valence-electron chi connectivity index (χ1n) is 20.6. The topological polar surface area (TPSA) is 195 Å². The zero-order chi connectivity index (χ0) is 43.9. The number of carbonyl (C=O) groups is 2. The minimum Gasteiger partial charge on any atom is -0.445 e. The number of rotatable bonds is 12. The van der Waals surface area contributed by atoms with E-state index in [9.17, 15) is 33.0 Å². The molecule has 6 aromatic rings. The van der Waals surface area contributed by atoms with Crippen LogP contribution in [0.3, 0.4) is 0 Å². The summed E-state index contributed by atoms with van der Waals surface area (Å²) >= 11 is 0. The molecular weight excluding hydrogens is 810 g/mol. The first-order valence-corrected chi connectivity index (χ1v) is 20.6. The van der Waals surface area contributed by atoms with E-state index in [4.69, 9.17) is 8.83 Å². The Morgan fingerprint density at radius 1 is 0.839 bits per heavy atom. The van der Waals surface area contributed by atoms with Crippen LogP contribution in [0.15, 0.2) is 69.8 Å². The van der Waals surface area contributed by atoms with Gasteiger partial charge in [-0.15, -0.1) is 0 Å². The molecule has 0 bridgehead atoms. The lowest BCUT2D eigenvalue weighted by molar-refractivity contribution is -0.208. The van der Waals surface area contributed by atoms with E-state index in [1.807, 2.05) is 43.0 Å². The normalized spacial score (nSPS) is 21.0. The highest BCUT2D eigenvalue weighted by Crippen LogP contribution is 2.39. The van der Waals surface area contributed by atoms with Crippen molar-refractivity contribution in [2.45, 2.75) is 109 Å². The van der Waals surface area contributed by atoms with Gasteiger partial charge < -0.3 is 23.9 Å². The number of likely N-dealkylation sites (tertiary alicyclic amines) is 2. The molecule has 0 spiro atoms. The molecule has 1 unspecified atom stereocenters. The molecule has 62 heavy (non-hydrogen) atoms. The number of carbonyl (C=O) groups excluding carboxylic acids is 2. The highest BCUT2D eigenvalue weighted by atomic mass is 19.4. The van der Waals surface area contributed by atoms with Crippen molar-refractivity contribution < 1.29 is 41.8 Å². The average molecular weight is 857 g/mol. The molecule has 2 aliphatic heterocycles. The fourth-order valence-electron chi connectivity index (χ4n) is 8.38. The van der Waals surface area contributed by atoms with Gasteiger partial charge in [0.1, 0.15) is 29.1 Å². The molecule has 6 heterocycles. The summed E-state index contributed by atoms with van der Waals surface area (Å²) in [4.78, 5) is 41.5. The zero-order valence-electron chi connectivity index (χ0n) is 34.6. The van der Waals surface area contributed by atoms with Gasteiger partial charge in [-0.25, -0.2) is 9.97 Å². The van der Waals surface area contributed by atoms with Crippen molar-refractivity contribution in [1.29, 1.82) is 0 Å². The fraction of sp³-hybridized carbons (Fsp3) is 0.442. The summed E-state index contributed by atoms with van der Waals surface area (Å²) in [6, 6.07) is 14.2. The SMILES string of the molecule is Cc1cnn(-c2ccccc2C(O)N2C[C@H](c3nc(C=O)c(CCc4cnn(-c5ccccc5C(=O)N5C[C@H](c6nc([C@@H](O)C(F)(F)F)c(C)o6)CC[C@H]5C)n4)o3)CC[C@H]2C)n1. The van der Waals surface area contributed by atoms with Gasteiger partial charge in [0.2, 0.25) is 0 Å². The maximum absolute atomic E-state index is 14.2. The summed E-state index contributed by atoms with van der Waals surface area (Å²) in [6.45, 7) is 7.73. The largest absolute Gasteiger partial charge is 0.445 e. The second kappa shape index (κ2) is 17.4. The van der Waals surface area contributed by atoms with Crippen molar-refractivity contribution in [2.24, 2.45) is 0 Å². The second-order valence-corrected chi connectivity index (χ2v) is 16.2. The Balaban J connectivity index is 0.945. The molecule has 2 saturated heterocycles. The average Bonchev–Trinajstić information content (AvgIpc) is 4.09. The summed E-state index contributed by atoms with van der Waals surface area (Å²) < 4.78 is 51.7. The number of halogens is 3. The summed E-state index contributed by atoms with van der Waals surface area (Å²) in [7, 11) is 0. The van der Waals surface area contributed by atoms with E-state index in [-0.39, 0.29) is 47.8 Å². The standard InChI is InChI=1S/C43H47F3N10O6/c1-24-19-47-55(51-24)34-11-7-5-9-31(34)41(59)53-21-28(15-13-25(53)2)39-49-33(23-57)36(62-39)18-17-30-20-48-56(52-30)35-12-8-6-10-32(35)42(60)54-22-29(16-14-26(54)3)40-50-37(27(4)61-40)38(58)43(44,45)46/h5-12,19-20,23,25-26,28-29,38,41,58-59H,13-18,21-22H2,1-4H3/t25-,26-,28-,29-,38-,41?/m1/s1.